The molecular formula is C42H28N4O. The van der Waals surface area contributed by atoms with Gasteiger partial charge in [0.25, 0.3) is 0 Å². The number of hydrogen-bond donors (Lipinski definition) is 1. The zero-order valence-electron chi connectivity index (χ0n) is 25.3. The molecule has 47 heavy (non-hydrogen) atoms. The summed E-state index contributed by atoms with van der Waals surface area (Å²) in [4.78, 5) is 15.1. The number of aromatic nitrogens is 1. The maximum Gasteiger partial charge on any atom is 0.159 e. The van der Waals surface area contributed by atoms with Crippen LogP contribution < -0.4 is 5.32 Å². The predicted molar refractivity (Wildman–Crippen MR) is 192 cm³/mol. The Morgan fingerprint density at radius 2 is 1.19 bits per heavy atom. The lowest BCUT2D eigenvalue weighted by molar-refractivity contribution is 0.669. The van der Waals surface area contributed by atoms with Gasteiger partial charge in [-0.05, 0) is 52.1 Å². The quantitative estimate of drug-likeness (QED) is 0.213. The molecule has 0 bridgehead atoms. The summed E-state index contributed by atoms with van der Waals surface area (Å²) in [5, 5.41) is 5.65. The second kappa shape index (κ2) is 11.2. The third-order valence-corrected chi connectivity index (χ3v) is 8.71. The summed E-state index contributed by atoms with van der Waals surface area (Å²) in [6.45, 7) is 0. The first-order valence-electron chi connectivity index (χ1n) is 15.7. The molecular weight excluding hydrogens is 576 g/mol. The summed E-state index contributed by atoms with van der Waals surface area (Å²) in [6.07, 6.45) is -0.301. The van der Waals surface area contributed by atoms with E-state index in [9.17, 15) is 0 Å². The van der Waals surface area contributed by atoms with Gasteiger partial charge in [0.2, 0.25) is 0 Å². The van der Waals surface area contributed by atoms with Gasteiger partial charge in [0.15, 0.2) is 11.4 Å². The van der Waals surface area contributed by atoms with Gasteiger partial charge in [0, 0.05) is 16.5 Å². The van der Waals surface area contributed by atoms with Gasteiger partial charge in [-0.3, -0.25) is 0 Å². The third-order valence-electron chi connectivity index (χ3n) is 8.71. The number of benzene rings is 6. The number of rotatable bonds is 5. The van der Waals surface area contributed by atoms with Crippen molar-refractivity contribution < 1.29 is 4.42 Å². The second-order valence-corrected chi connectivity index (χ2v) is 11.7. The van der Waals surface area contributed by atoms with Crippen molar-refractivity contribution in [3.63, 3.8) is 0 Å². The standard InChI is InChI=1S/C42H28N4O/c1-4-12-27(13-5-1)33-24-34(38-36(26-33)47-37-25-32-18-10-11-19-35(32)43-39(37)38)28-20-22-31(23-21-28)42-45-40(29-14-6-2-7-15-29)44-41(46-42)30-16-8-3-9-17-30/h1-26,42H,(H,44,45,46). The van der Waals surface area contributed by atoms with Crippen LogP contribution in [0.2, 0.25) is 0 Å². The van der Waals surface area contributed by atoms with Gasteiger partial charge >= 0.3 is 0 Å². The van der Waals surface area contributed by atoms with Crippen LogP contribution in [-0.4, -0.2) is 16.7 Å². The number of furan rings is 1. The Morgan fingerprint density at radius 1 is 0.532 bits per heavy atom. The van der Waals surface area contributed by atoms with E-state index in [2.05, 4.69) is 96.3 Å². The molecule has 5 heteroatoms. The molecule has 9 rings (SSSR count). The number of nitrogens with zero attached hydrogens (tertiary/aromatic N) is 3. The monoisotopic (exact) mass is 604 g/mol. The van der Waals surface area contributed by atoms with Crippen molar-refractivity contribution in [2.75, 3.05) is 0 Å². The van der Waals surface area contributed by atoms with Crippen LogP contribution in [0.3, 0.4) is 0 Å². The van der Waals surface area contributed by atoms with Crippen LogP contribution in [0.1, 0.15) is 22.9 Å². The number of amidine groups is 2. The van der Waals surface area contributed by atoms with Crippen LogP contribution in [0.15, 0.2) is 172 Å². The largest absolute Gasteiger partial charge is 0.454 e. The SMILES string of the molecule is c1ccc(C2=NC(c3ccc(-c4cc(-c5ccccc5)cc5oc6cc7ccccc7nc6c45)cc3)NC(c3ccccc3)=N2)cc1. The van der Waals surface area contributed by atoms with Gasteiger partial charge in [-0.15, -0.1) is 0 Å². The van der Waals surface area contributed by atoms with Gasteiger partial charge in [-0.2, -0.15) is 0 Å². The van der Waals surface area contributed by atoms with E-state index in [4.69, 9.17) is 19.4 Å². The number of para-hydroxylation sites is 1. The Bertz CT molecular complexity index is 2470. The van der Waals surface area contributed by atoms with Crippen molar-refractivity contribution in [3.8, 4) is 22.3 Å². The molecule has 3 heterocycles. The first-order chi connectivity index (χ1) is 23.3. The van der Waals surface area contributed by atoms with E-state index in [-0.39, 0.29) is 6.17 Å². The highest BCUT2D eigenvalue weighted by molar-refractivity contribution is 6.14. The highest BCUT2D eigenvalue weighted by Crippen LogP contribution is 2.40. The number of hydrogen-bond acceptors (Lipinski definition) is 5. The van der Waals surface area contributed by atoms with E-state index in [1.54, 1.807) is 0 Å². The summed E-state index contributed by atoms with van der Waals surface area (Å²) in [7, 11) is 0. The molecule has 1 unspecified atom stereocenters. The Hall–Kier alpha value is -6.33. The molecule has 222 valence electrons. The minimum absolute atomic E-state index is 0.301. The molecule has 1 N–H and O–H groups in total. The van der Waals surface area contributed by atoms with E-state index in [0.29, 0.717) is 5.84 Å². The van der Waals surface area contributed by atoms with Crippen molar-refractivity contribution in [1.29, 1.82) is 0 Å². The Balaban J connectivity index is 1.17. The minimum atomic E-state index is -0.301. The van der Waals surface area contributed by atoms with Crippen molar-refractivity contribution in [2.24, 2.45) is 9.98 Å². The van der Waals surface area contributed by atoms with Crippen LogP contribution in [0.4, 0.5) is 0 Å². The zero-order chi connectivity index (χ0) is 31.2. The Morgan fingerprint density at radius 3 is 1.94 bits per heavy atom. The molecule has 1 aliphatic heterocycles. The van der Waals surface area contributed by atoms with E-state index in [0.717, 1.165) is 77.8 Å². The summed E-state index contributed by atoms with van der Waals surface area (Å²) >= 11 is 0. The number of fused-ring (bicyclic) bond motifs is 4. The highest BCUT2D eigenvalue weighted by atomic mass is 16.3. The first-order valence-corrected chi connectivity index (χ1v) is 15.7. The van der Waals surface area contributed by atoms with Gasteiger partial charge in [0.1, 0.15) is 23.1 Å². The van der Waals surface area contributed by atoms with E-state index in [1.807, 2.05) is 66.7 Å². The first kappa shape index (κ1) is 27.0. The Labute approximate surface area is 271 Å². The lowest BCUT2D eigenvalue weighted by Crippen LogP contribution is -2.33. The lowest BCUT2D eigenvalue weighted by atomic mass is 9.94. The summed E-state index contributed by atoms with van der Waals surface area (Å²) < 4.78 is 6.51. The summed E-state index contributed by atoms with van der Waals surface area (Å²) in [5.74, 6) is 1.51. The fourth-order valence-corrected chi connectivity index (χ4v) is 6.36. The van der Waals surface area contributed by atoms with Gasteiger partial charge in [-0.25, -0.2) is 15.0 Å². The fourth-order valence-electron chi connectivity index (χ4n) is 6.36. The van der Waals surface area contributed by atoms with Crippen molar-refractivity contribution in [2.45, 2.75) is 6.17 Å². The van der Waals surface area contributed by atoms with Crippen LogP contribution in [0.5, 0.6) is 0 Å². The average molecular weight is 605 g/mol. The minimum Gasteiger partial charge on any atom is -0.454 e. The molecule has 5 nitrogen and oxygen atoms in total. The maximum absolute atomic E-state index is 6.51. The maximum atomic E-state index is 6.51. The highest BCUT2D eigenvalue weighted by Gasteiger charge is 2.22. The normalized spacial score (nSPS) is 14.6. The molecule has 1 atom stereocenters. The molecule has 1 aliphatic rings. The van der Waals surface area contributed by atoms with Crippen LogP contribution >= 0.6 is 0 Å². The van der Waals surface area contributed by atoms with Crippen LogP contribution in [0, 0.1) is 0 Å². The molecule has 0 amide bonds. The lowest BCUT2D eigenvalue weighted by Gasteiger charge is -2.24. The predicted octanol–water partition coefficient (Wildman–Crippen LogP) is 9.96. The van der Waals surface area contributed by atoms with E-state index < -0.39 is 0 Å². The molecule has 0 aliphatic carbocycles. The molecule has 2 aromatic heterocycles. The summed E-state index contributed by atoms with van der Waals surface area (Å²) in [6, 6.07) is 54.1. The molecule has 0 saturated carbocycles. The topological polar surface area (TPSA) is 62.8 Å². The van der Waals surface area contributed by atoms with Gasteiger partial charge in [0.05, 0.1) is 10.9 Å². The fraction of sp³-hybridized carbons (Fsp3) is 0.0238. The number of pyridine rings is 1. The molecule has 0 spiro atoms. The third kappa shape index (κ3) is 4.95. The zero-order valence-corrected chi connectivity index (χ0v) is 25.3. The smallest absolute Gasteiger partial charge is 0.159 e. The van der Waals surface area contributed by atoms with E-state index in [1.165, 1.54) is 0 Å². The molecule has 0 radical (unpaired) electrons. The van der Waals surface area contributed by atoms with Gasteiger partial charge < -0.3 is 9.73 Å². The number of aliphatic imine (C=N–C) groups is 2. The molecule has 0 saturated heterocycles. The summed E-state index contributed by atoms with van der Waals surface area (Å²) in [5.41, 5.74) is 10.8. The average Bonchev–Trinajstić information content (AvgIpc) is 3.51. The van der Waals surface area contributed by atoms with Crippen molar-refractivity contribution in [3.05, 3.63) is 174 Å². The molecule has 0 fully saturated rings. The van der Waals surface area contributed by atoms with Crippen molar-refractivity contribution in [1.82, 2.24) is 10.3 Å². The van der Waals surface area contributed by atoms with Gasteiger partial charge in [-0.1, -0.05) is 133 Å². The van der Waals surface area contributed by atoms with Crippen LogP contribution in [-0.2, 0) is 0 Å². The van der Waals surface area contributed by atoms with Crippen molar-refractivity contribution >= 4 is 44.6 Å². The molecule has 6 aromatic carbocycles. The molecule has 8 aromatic rings. The second-order valence-electron chi connectivity index (χ2n) is 11.7. The number of nitrogens with one attached hydrogen (secondary N) is 1. The van der Waals surface area contributed by atoms with E-state index >= 15 is 0 Å². The van der Waals surface area contributed by atoms with Crippen LogP contribution in [0.25, 0.3) is 55.2 Å². The Kier molecular flexibility index (Phi) is 6.46.